The highest BCUT2D eigenvalue weighted by molar-refractivity contribution is 5.74. The molecule has 0 aliphatic carbocycles. The third-order valence-electron chi connectivity index (χ3n) is 3.34. The van der Waals surface area contributed by atoms with Gasteiger partial charge in [-0.15, -0.1) is 0 Å². The smallest absolute Gasteiger partial charge is 0.219 e. The molecule has 3 nitrogen and oxygen atoms in total. The molecule has 1 aromatic rings. The lowest BCUT2D eigenvalue weighted by molar-refractivity contribution is -0.137. The molecule has 0 bridgehead atoms. The summed E-state index contributed by atoms with van der Waals surface area (Å²) in [6.45, 7) is 8.84. The molecule has 1 heterocycles. The maximum atomic E-state index is 13.4. The Labute approximate surface area is 113 Å². The number of likely N-dealkylation sites (tertiary alicyclic amines) is 1. The van der Waals surface area contributed by atoms with Crippen molar-refractivity contribution in [2.24, 2.45) is 0 Å². The van der Waals surface area contributed by atoms with E-state index in [2.05, 4.69) is 0 Å². The Bertz CT molecular complexity index is 487. The van der Waals surface area contributed by atoms with Gasteiger partial charge in [-0.05, 0) is 23.6 Å². The number of halogens is 1. The van der Waals surface area contributed by atoms with Gasteiger partial charge in [-0.2, -0.15) is 0 Å². The highest BCUT2D eigenvalue weighted by Crippen LogP contribution is 2.33. The van der Waals surface area contributed by atoms with Crippen LogP contribution in [0, 0.1) is 5.82 Å². The van der Waals surface area contributed by atoms with Crippen molar-refractivity contribution in [2.75, 3.05) is 13.1 Å². The molecule has 0 atom stereocenters. The molecule has 1 aromatic carbocycles. The molecule has 19 heavy (non-hydrogen) atoms. The summed E-state index contributed by atoms with van der Waals surface area (Å²) >= 11 is 0. The van der Waals surface area contributed by atoms with Crippen LogP contribution in [-0.2, 0) is 10.2 Å². The zero-order chi connectivity index (χ0) is 14.2. The van der Waals surface area contributed by atoms with Crippen molar-refractivity contribution in [3.05, 3.63) is 29.6 Å². The number of hydrogen-bond acceptors (Lipinski definition) is 2. The first-order chi connectivity index (χ1) is 8.77. The molecule has 1 fully saturated rings. The van der Waals surface area contributed by atoms with Crippen molar-refractivity contribution in [3.63, 3.8) is 0 Å². The summed E-state index contributed by atoms with van der Waals surface area (Å²) in [5, 5.41) is 0. The van der Waals surface area contributed by atoms with Gasteiger partial charge < -0.3 is 9.64 Å². The number of rotatable bonds is 2. The molecule has 2 rings (SSSR count). The molecule has 1 amide bonds. The standard InChI is InChI=1S/C15H20FNO2/c1-10(18)17-8-12(9-17)19-14-6-5-11(16)7-13(14)15(2,3)4/h5-7,12H,8-9H2,1-4H3. The Morgan fingerprint density at radius 3 is 2.53 bits per heavy atom. The van der Waals surface area contributed by atoms with E-state index in [1.165, 1.54) is 12.1 Å². The first kappa shape index (κ1) is 13.8. The van der Waals surface area contributed by atoms with Crippen molar-refractivity contribution in [3.8, 4) is 5.75 Å². The molecule has 0 radical (unpaired) electrons. The largest absolute Gasteiger partial charge is 0.486 e. The summed E-state index contributed by atoms with van der Waals surface area (Å²) in [4.78, 5) is 12.8. The van der Waals surface area contributed by atoms with Crippen LogP contribution in [0.3, 0.4) is 0 Å². The summed E-state index contributed by atoms with van der Waals surface area (Å²) in [5.74, 6) is 0.522. The quantitative estimate of drug-likeness (QED) is 0.823. The summed E-state index contributed by atoms with van der Waals surface area (Å²) in [5.41, 5.74) is 0.676. The Balaban J connectivity index is 2.11. The second kappa shape index (κ2) is 4.83. The number of carbonyl (C=O) groups is 1. The fourth-order valence-corrected chi connectivity index (χ4v) is 2.14. The minimum Gasteiger partial charge on any atom is -0.486 e. The molecule has 1 aliphatic heterocycles. The molecule has 0 spiro atoms. The van der Waals surface area contributed by atoms with Gasteiger partial charge in [-0.25, -0.2) is 4.39 Å². The van der Waals surface area contributed by atoms with Gasteiger partial charge in [0.15, 0.2) is 0 Å². The molecule has 0 unspecified atom stereocenters. The Morgan fingerprint density at radius 2 is 2.00 bits per heavy atom. The maximum Gasteiger partial charge on any atom is 0.219 e. The number of hydrogen-bond donors (Lipinski definition) is 0. The predicted molar refractivity (Wildman–Crippen MR) is 71.8 cm³/mol. The normalized spacial score (nSPS) is 16.2. The van der Waals surface area contributed by atoms with Crippen molar-refractivity contribution >= 4 is 5.91 Å². The average molecular weight is 265 g/mol. The van der Waals surface area contributed by atoms with Crippen LogP contribution in [0.15, 0.2) is 18.2 Å². The van der Waals surface area contributed by atoms with Gasteiger partial charge in [0.25, 0.3) is 0 Å². The third kappa shape index (κ3) is 3.06. The van der Waals surface area contributed by atoms with E-state index in [1.807, 2.05) is 20.8 Å². The summed E-state index contributed by atoms with van der Waals surface area (Å²) in [6.07, 6.45) is 0.00969. The van der Waals surface area contributed by atoms with Crippen LogP contribution >= 0.6 is 0 Å². The summed E-state index contributed by atoms with van der Waals surface area (Å²) in [7, 11) is 0. The van der Waals surface area contributed by atoms with E-state index in [9.17, 15) is 9.18 Å². The van der Waals surface area contributed by atoms with Gasteiger partial charge in [-0.3, -0.25) is 4.79 Å². The zero-order valence-electron chi connectivity index (χ0n) is 11.9. The molecule has 4 heteroatoms. The first-order valence-electron chi connectivity index (χ1n) is 6.49. The van der Waals surface area contributed by atoms with Gasteiger partial charge in [0.05, 0.1) is 13.1 Å². The molecule has 0 saturated carbocycles. The monoisotopic (exact) mass is 265 g/mol. The van der Waals surface area contributed by atoms with Crippen LogP contribution in [-0.4, -0.2) is 30.0 Å². The molecular weight excluding hydrogens is 245 g/mol. The highest BCUT2D eigenvalue weighted by Gasteiger charge is 2.31. The topological polar surface area (TPSA) is 29.5 Å². The lowest BCUT2D eigenvalue weighted by atomic mass is 9.86. The Hall–Kier alpha value is -1.58. The van der Waals surface area contributed by atoms with Crippen LogP contribution in [0.25, 0.3) is 0 Å². The molecule has 1 saturated heterocycles. The Kier molecular flexibility index (Phi) is 3.52. The fraction of sp³-hybridized carbons (Fsp3) is 0.533. The zero-order valence-corrected chi connectivity index (χ0v) is 11.9. The van der Waals surface area contributed by atoms with Gasteiger partial charge in [0.2, 0.25) is 5.91 Å². The van der Waals surface area contributed by atoms with E-state index >= 15 is 0 Å². The van der Waals surface area contributed by atoms with E-state index in [0.717, 1.165) is 5.56 Å². The van der Waals surface area contributed by atoms with Gasteiger partial charge in [-0.1, -0.05) is 20.8 Å². The Morgan fingerprint density at radius 1 is 1.37 bits per heavy atom. The van der Waals surface area contributed by atoms with Gasteiger partial charge in [0.1, 0.15) is 17.7 Å². The second-order valence-electron chi connectivity index (χ2n) is 6.05. The van der Waals surface area contributed by atoms with Crippen LogP contribution in [0.4, 0.5) is 4.39 Å². The van der Waals surface area contributed by atoms with E-state index in [-0.39, 0.29) is 23.2 Å². The van der Waals surface area contributed by atoms with E-state index in [0.29, 0.717) is 18.8 Å². The minimum absolute atomic E-state index is 0.00969. The fourth-order valence-electron chi connectivity index (χ4n) is 2.14. The molecular formula is C15H20FNO2. The first-order valence-corrected chi connectivity index (χ1v) is 6.49. The van der Waals surface area contributed by atoms with Gasteiger partial charge >= 0.3 is 0 Å². The maximum absolute atomic E-state index is 13.4. The molecule has 104 valence electrons. The highest BCUT2D eigenvalue weighted by atomic mass is 19.1. The SMILES string of the molecule is CC(=O)N1CC(Oc2ccc(F)cc2C(C)(C)C)C1. The third-order valence-corrected chi connectivity index (χ3v) is 3.34. The lowest BCUT2D eigenvalue weighted by Gasteiger charge is -2.39. The summed E-state index contributed by atoms with van der Waals surface area (Å²) in [6, 6.07) is 4.61. The van der Waals surface area contributed by atoms with Crippen molar-refractivity contribution in [1.29, 1.82) is 0 Å². The van der Waals surface area contributed by atoms with Crippen molar-refractivity contribution in [2.45, 2.75) is 39.2 Å². The number of benzene rings is 1. The number of carbonyl (C=O) groups excluding carboxylic acids is 1. The number of nitrogens with zero attached hydrogens (tertiary/aromatic N) is 1. The van der Waals surface area contributed by atoms with E-state index < -0.39 is 0 Å². The van der Waals surface area contributed by atoms with Crippen molar-refractivity contribution in [1.82, 2.24) is 4.90 Å². The van der Waals surface area contributed by atoms with Crippen LogP contribution in [0.5, 0.6) is 5.75 Å². The minimum atomic E-state index is -0.253. The second-order valence-corrected chi connectivity index (χ2v) is 6.05. The van der Waals surface area contributed by atoms with Gasteiger partial charge in [0, 0.05) is 12.5 Å². The van der Waals surface area contributed by atoms with E-state index in [1.54, 1.807) is 17.9 Å². The lowest BCUT2D eigenvalue weighted by Crippen LogP contribution is -2.55. The summed E-state index contributed by atoms with van der Waals surface area (Å²) < 4.78 is 19.3. The van der Waals surface area contributed by atoms with Crippen LogP contribution < -0.4 is 4.74 Å². The number of amides is 1. The average Bonchev–Trinajstić information content (AvgIpc) is 2.22. The molecule has 1 aliphatic rings. The van der Waals surface area contributed by atoms with Crippen LogP contribution in [0.2, 0.25) is 0 Å². The molecule has 0 aromatic heterocycles. The number of ether oxygens (including phenoxy) is 1. The van der Waals surface area contributed by atoms with Crippen LogP contribution in [0.1, 0.15) is 33.3 Å². The van der Waals surface area contributed by atoms with Crippen molar-refractivity contribution < 1.29 is 13.9 Å². The predicted octanol–water partition coefficient (Wildman–Crippen LogP) is 2.73. The van der Waals surface area contributed by atoms with E-state index in [4.69, 9.17) is 4.74 Å². The molecule has 0 N–H and O–H groups in total.